The summed E-state index contributed by atoms with van der Waals surface area (Å²) in [6.45, 7) is 0.0711. The summed E-state index contributed by atoms with van der Waals surface area (Å²) < 4.78 is 4.83. The highest BCUT2D eigenvalue weighted by Crippen LogP contribution is 2.00. The Balaban J connectivity index is 3.80. The molecule has 0 rings (SSSR count). The Morgan fingerprint density at radius 2 is 2.11 bits per heavy atom. The molecule has 0 heterocycles. The third-order valence-corrected chi connectivity index (χ3v) is 2.63. The fourth-order valence-electron chi connectivity index (χ4n) is 1.11. The number of carbonyl (C=O) groups excluding carboxylic acids is 2. The lowest BCUT2D eigenvalue weighted by atomic mass is 10.2. The van der Waals surface area contributed by atoms with Gasteiger partial charge in [0.05, 0.1) is 6.61 Å². The summed E-state index contributed by atoms with van der Waals surface area (Å²) in [6, 6.07) is -1.50. The summed E-state index contributed by atoms with van der Waals surface area (Å²) in [6.07, 6.45) is 2.21. The number of nitrogens with one attached hydrogen (secondary N) is 2. The third-order valence-electron chi connectivity index (χ3n) is 1.99. The number of ether oxygens (including phenoxy) is 1. The fourth-order valence-corrected chi connectivity index (χ4v) is 1.58. The maximum Gasteiger partial charge on any atom is 0.326 e. The van der Waals surface area contributed by atoms with Gasteiger partial charge in [-0.2, -0.15) is 11.8 Å². The van der Waals surface area contributed by atoms with Gasteiger partial charge in [0.1, 0.15) is 12.6 Å². The second-order valence-electron chi connectivity index (χ2n) is 3.59. The van der Waals surface area contributed by atoms with Crippen molar-refractivity contribution in [1.29, 1.82) is 0 Å². The highest BCUT2D eigenvalue weighted by Gasteiger charge is 2.18. The van der Waals surface area contributed by atoms with Crippen LogP contribution in [-0.4, -0.2) is 60.8 Å². The zero-order valence-electron chi connectivity index (χ0n) is 10.7. The molecule has 0 aliphatic carbocycles. The van der Waals surface area contributed by atoms with Crippen LogP contribution in [0.3, 0.4) is 0 Å². The molecule has 1 atom stereocenters. The van der Waals surface area contributed by atoms with E-state index in [9.17, 15) is 14.4 Å². The van der Waals surface area contributed by atoms with Crippen molar-refractivity contribution in [3.05, 3.63) is 0 Å². The molecule has 1 unspecified atom stereocenters. The number of carbonyl (C=O) groups is 3. The van der Waals surface area contributed by atoms with Crippen molar-refractivity contribution in [3.63, 3.8) is 0 Å². The number of hydrogen-bond acceptors (Lipinski definition) is 5. The lowest BCUT2D eigenvalue weighted by Gasteiger charge is -2.14. The first-order chi connectivity index (χ1) is 8.97. The van der Waals surface area contributed by atoms with E-state index < -0.39 is 23.9 Å². The molecule has 0 saturated heterocycles. The first-order valence-corrected chi connectivity index (χ1v) is 6.99. The third kappa shape index (κ3) is 10.2. The van der Waals surface area contributed by atoms with Gasteiger partial charge in [-0.05, 0) is 18.4 Å². The number of amides is 3. The SMILES string of the molecule is CSCCC(NC(=O)NCCOCC(N)=O)C(=O)O. The molecule has 0 spiro atoms. The topological polar surface area (TPSA) is 131 Å². The molecule has 0 aliphatic rings. The molecular weight excluding hydrogens is 274 g/mol. The van der Waals surface area contributed by atoms with E-state index >= 15 is 0 Å². The van der Waals surface area contributed by atoms with Crippen LogP contribution in [0.1, 0.15) is 6.42 Å². The van der Waals surface area contributed by atoms with Crippen LogP contribution in [0.4, 0.5) is 4.79 Å². The number of rotatable bonds is 10. The number of thioether (sulfide) groups is 1. The number of carboxylic acids is 1. The normalized spacial score (nSPS) is 11.6. The van der Waals surface area contributed by atoms with Crippen LogP contribution in [0.5, 0.6) is 0 Å². The van der Waals surface area contributed by atoms with Crippen LogP contribution in [0.25, 0.3) is 0 Å². The van der Waals surface area contributed by atoms with Gasteiger partial charge in [-0.25, -0.2) is 9.59 Å². The molecule has 0 radical (unpaired) electrons. The van der Waals surface area contributed by atoms with Gasteiger partial charge in [-0.15, -0.1) is 0 Å². The molecule has 0 aromatic rings. The van der Waals surface area contributed by atoms with Crippen LogP contribution in [0, 0.1) is 0 Å². The van der Waals surface area contributed by atoms with Gasteiger partial charge in [0, 0.05) is 6.54 Å². The van der Waals surface area contributed by atoms with Crippen LogP contribution >= 0.6 is 11.8 Å². The zero-order chi connectivity index (χ0) is 14.7. The van der Waals surface area contributed by atoms with Crippen molar-refractivity contribution in [2.24, 2.45) is 5.73 Å². The van der Waals surface area contributed by atoms with E-state index in [-0.39, 0.29) is 19.8 Å². The summed E-state index contributed by atoms with van der Waals surface area (Å²) >= 11 is 1.50. The van der Waals surface area contributed by atoms with Crippen LogP contribution in [0.15, 0.2) is 0 Å². The van der Waals surface area contributed by atoms with Gasteiger partial charge >= 0.3 is 12.0 Å². The number of nitrogens with two attached hydrogens (primary N) is 1. The number of carboxylic acid groups (broad SMARTS) is 1. The number of urea groups is 1. The number of primary amides is 1. The summed E-state index contributed by atoms with van der Waals surface area (Å²) in [5.74, 6) is -1.03. The van der Waals surface area contributed by atoms with Crippen molar-refractivity contribution in [1.82, 2.24) is 10.6 Å². The molecule has 5 N–H and O–H groups in total. The Morgan fingerprint density at radius 3 is 2.63 bits per heavy atom. The lowest BCUT2D eigenvalue weighted by Crippen LogP contribution is -2.47. The molecule has 0 aromatic carbocycles. The Bertz CT molecular complexity index is 314. The molecule has 0 aliphatic heterocycles. The Hall–Kier alpha value is -1.48. The zero-order valence-corrected chi connectivity index (χ0v) is 11.5. The van der Waals surface area contributed by atoms with E-state index in [4.69, 9.17) is 15.6 Å². The second kappa shape index (κ2) is 10.4. The van der Waals surface area contributed by atoms with E-state index in [1.807, 2.05) is 6.26 Å². The summed E-state index contributed by atoms with van der Waals surface area (Å²) in [5.41, 5.74) is 4.85. The van der Waals surface area contributed by atoms with Crippen LogP contribution < -0.4 is 16.4 Å². The largest absolute Gasteiger partial charge is 0.480 e. The van der Waals surface area contributed by atoms with Crippen molar-refractivity contribution in [3.8, 4) is 0 Å². The maximum atomic E-state index is 11.4. The van der Waals surface area contributed by atoms with E-state index in [2.05, 4.69) is 10.6 Å². The molecule has 0 saturated carbocycles. The predicted molar refractivity (Wildman–Crippen MR) is 71.0 cm³/mol. The van der Waals surface area contributed by atoms with Crippen molar-refractivity contribution in [2.45, 2.75) is 12.5 Å². The Kier molecular flexibility index (Phi) is 9.63. The maximum absolute atomic E-state index is 11.4. The highest BCUT2D eigenvalue weighted by molar-refractivity contribution is 7.98. The van der Waals surface area contributed by atoms with Gasteiger partial charge in [-0.3, -0.25) is 4.79 Å². The van der Waals surface area contributed by atoms with Gasteiger partial charge in [0.15, 0.2) is 0 Å². The fraction of sp³-hybridized carbons (Fsp3) is 0.700. The van der Waals surface area contributed by atoms with E-state index in [1.54, 1.807) is 0 Å². The standard InChI is InChI=1S/C10H19N3O5S/c1-19-5-2-7(9(15)16)13-10(17)12-3-4-18-6-8(11)14/h7H,2-6H2,1H3,(H2,11,14)(H,15,16)(H2,12,13,17). The molecular formula is C10H19N3O5S. The van der Waals surface area contributed by atoms with Gasteiger partial charge < -0.3 is 26.2 Å². The minimum atomic E-state index is -1.07. The van der Waals surface area contributed by atoms with Crippen molar-refractivity contribution < 1.29 is 24.2 Å². The van der Waals surface area contributed by atoms with E-state index in [1.165, 1.54) is 11.8 Å². The monoisotopic (exact) mass is 293 g/mol. The molecule has 0 fully saturated rings. The second-order valence-corrected chi connectivity index (χ2v) is 4.58. The molecule has 110 valence electrons. The number of hydrogen-bond donors (Lipinski definition) is 4. The van der Waals surface area contributed by atoms with Crippen LogP contribution in [0.2, 0.25) is 0 Å². The van der Waals surface area contributed by atoms with Gasteiger partial charge in [0.25, 0.3) is 0 Å². The predicted octanol–water partition coefficient (Wildman–Crippen LogP) is -1.01. The van der Waals surface area contributed by atoms with E-state index in [0.29, 0.717) is 12.2 Å². The summed E-state index contributed by atoms with van der Waals surface area (Å²) in [7, 11) is 0. The quantitative estimate of drug-likeness (QED) is 0.382. The molecule has 9 heteroatoms. The molecule has 8 nitrogen and oxygen atoms in total. The van der Waals surface area contributed by atoms with Crippen molar-refractivity contribution >= 4 is 29.7 Å². The lowest BCUT2D eigenvalue weighted by molar-refractivity contribution is -0.139. The van der Waals surface area contributed by atoms with Crippen LogP contribution in [-0.2, 0) is 14.3 Å². The van der Waals surface area contributed by atoms with Gasteiger partial charge in [-0.1, -0.05) is 0 Å². The highest BCUT2D eigenvalue weighted by atomic mass is 32.2. The van der Waals surface area contributed by atoms with Crippen molar-refractivity contribution in [2.75, 3.05) is 31.8 Å². The Labute approximate surface area is 115 Å². The summed E-state index contributed by atoms with van der Waals surface area (Å²) in [4.78, 5) is 32.6. The minimum Gasteiger partial charge on any atom is -0.480 e. The molecule has 0 bridgehead atoms. The Morgan fingerprint density at radius 1 is 1.42 bits per heavy atom. The first-order valence-electron chi connectivity index (χ1n) is 5.59. The molecule has 19 heavy (non-hydrogen) atoms. The van der Waals surface area contributed by atoms with E-state index in [0.717, 1.165) is 0 Å². The first kappa shape index (κ1) is 17.5. The van der Waals surface area contributed by atoms with Gasteiger partial charge in [0.2, 0.25) is 5.91 Å². The summed E-state index contributed by atoms with van der Waals surface area (Å²) in [5, 5.41) is 13.7. The minimum absolute atomic E-state index is 0.124. The smallest absolute Gasteiger partial charge is 0.326 e. The molecule has 0 aromatic heterocycles. The molecule has 3 amide bonds. The number of aliphatic carboxylic acids is 1. The average Bonchev–Trinajstić information content (AvgIpc) is 2.33. The average molecular weight is 293 g/mol.